The molecule has 0 amide bonds. The molecule has 8 heteroatoms. The van der Waals surface area contributed by atoms with Gasteiger partial charge in [-0.05, 0) is 92.4 Å². The Bertz CT molecular complexity index is 1460. The molecule has 0 spiro atoms. The van der Waals surface area contributed by atoms with Gasteiger partial charge in [0.25, 0.3) is 0 Å². The maximum Gasteiger partial charge on any atom is 0.229 e. The summed E-state index contributed by atoms with van der Waals surface area (Å²) in [5, 5.41) is 14.2. The van der Waals surface area contributed by atoms with E-state index in [0.717, 1.165) is 48.2 Å². The smallest absolute Gasteiger partial charge is 0.229 e. The number of nitrogens with one attached hydrogen (secondary N) is 1. The van der Waals surface area contributed by atoms with Crippen molar-refractivity contribution in [2.24, 2.45) is 0 Å². The first-order valence-corrected chi connectivity index (χ1v) is 15.3. The van der Waals surface area contributed by atoms with E-state index in [9.17, 15) is 9.83 Å². The standard InChI is InChI=1S/C28H31N6OP/c1-33-16-19-7-4-6-18-12-22(13-20(17-33)26(18)19)31-28-30-15-21(14-29)27(32-28)34-11-10-23-24(34)8-5-9-25(23)36(2,3)35/h5,8-9,12-13,15,19H,4,6-7,10-11,16-17H2,1-3H3,(H,30,31,32). The molecule has 1 unspecified atom stereocenters. The van der Waals surface area contributed by atoms with Crippen LogP contribution in [0, 0.1) is 11.3 Å². The van der Waals surface area contributed by atoms with Crippen molar-refractivity contribution in [2.75, 3.05) is 43.7 Å². The van der Waals surface area contributed by atoms with Crippen LogP contribution in [0.3, 0.4) is 0 Å². The molecule has 0 saturated carbocycles. The van der Waals surface area contributed by atoms with Crippen molar-refractivity contribution in [3.05, 3.63) is 64.3 Å². The molecule has 3 aromatic rings. The maximum absolute atomic E-state index is 12.9. The van der Waals surface area contributed by atoms with Crippen LogP contribution in [0.1, 0.15) is 46.6 Å². The second-order valence-corrected chi connectivity index (χ2v) is 13.9. The van der Waals surface area contributed by atoms with Crippen LogP contribution in [0.15, 0.2) is 36.5 Å². The van der Waals surface area contributed by atoms with Gasteiger partial charge in [0.2, 0.25) is 5.95 Å². The lowest BCUT2D eigenvalue weighted by Gasteiger charge is -2.37. The third-order valence-corrected chi connectivity index (χ3v) is 9.29. The zero-order chi connectivity index (χ0) is 25.0. The minimum atomic E-state index is -2.41. The summed E-state index contributed by atoms with van der Waals surface area (Å²) in [5.74, 6) is 1.71. The molecule has 0 saturated heterocycles. The summed E-state index contributed by atoms with van der Waals surface area (Å²) in [6.07, 6.45) is 5.98. The van der Waals surface area contributed by atoms with Gasteiger partial charge >= 0.3 is 0 Å². The van der Waals surface area contributed by atoms with E-state index in [4.69, 9.17) is 4.98 Å². The number of aryl methyl sites for hydroxylation is 1. The largest absolute Gasteiger partial charge is 0.324 e. The van der Waals surface area contributed by atoms with E-state index in [-0.39, 0.29) is 0 Å². The second kappa shape index (κ2) is 8.73. The highest BCUT2D eigenvalue weighted by molar-refractivity contribution is 7.70. The van der Waals surface area contributed by atoms with Crippen LogP contribution in [0.5, 0.6) is 0 Å². The highest BCUT2D eigenvalue weighted by Gasteiger charge is 2.31. The third kappa shape index (κ3) is 3.99. The lowest BCUT2D eigenvalue weighted by atomic mass is 9.77. The van der Waals surface area contributed by atoms with Crippen LogP contribution < -0.4 is 15.5 Å². The van der Waals surface area contributed by atoms with Crippen LogP contribution in [-0.2, 0) is 24.0 Å². The normalized spacial score (nSPS) is 18.9. The second-order valence-electron chi connectivity index (χ2n) is 10.7. The topological polar surface area (TPSA) is 85.2 Å². The number of nitriles is 1. The van der Waals surface area contributed by atoms with Crippen molar-refractivity contribution >= 4 is 35.6 Å². The van der Waals surface area contributed by atoms with Gasteiger partial charge in [-0.25, -0.2) is 4.98 Å². The molecule has 1 aliphatic carbocycles. The van der Waals surface area contributed by atoms with E-state index < -0.39 is 7.14 Å². The summed E-state index contributed by atoms with van der Waals surface area (Å²) in [7, 11) is -0.217. The molecule has 36 heavy (non-hydrogen) atoms. The summed E-state index contributed by atoms with van der Waals surface area (Å²) in [5.41, 5.74) is 7.89. The van der Waals surface area contributed by atoms with Crippen LogP contribution >= 0.6 is 7.14 Å². The zero-order valence-corrected chi connectivity index (χ0v) is 22.0. The highest BCUT2D eigenvalue weighted by Crippen LogP contribution is 2.43. The summed E-state index contributed by atoms with van der Waals surface area (Å²) < 4.78 is 12.9. The van der Waals surface area contributed by atoms with Crippen LogP contribution in [0.2, 0.25) is 0 Å². The predicted octanol–water partition coefficient (Wildman–Crippen LogP) is 4.90. The number of rotatable bonds is 4. The van der Waals surface area contributed by atoms with Crippen LogP contribution in [0.25, 0.3) is 0 Å². The van der Waals surface area contributed by atoms with Crippen molar-refractivity contribution in [2.45, 2.75) is 38.1 Å². The molecule has 2 aliphatic heterocycles. The fourth-order valence-corrected chi connectivity index (χ4v) is 7.62. The first-order chi connectivity index (χ1) is 17.3. The summed E-state index contributed by atoms with van der Waals surface area (Å²) in [6, 6.07) is 12.7. The number of hydrogen-bond donors (Lipinski definition) is 1. The number of hydrogen-bond acceptors (Lipinski definition) is 7. The number of nitrogens with zero attached hydrogens (tertiary/aromatic N) is 5. The summed E-state index contributed by atoms with van der Waals surface area (Å²) in [4.78, 5) is 13.8. The fourth-order valence-electron chi connectivity index (χ4n) is 6.30. The molecule has 2 aromatic carbocycles. The number of anilines is 4. The molecule has 1 aromatic heterocycles. The molecule has 0 fully saturated rings. The van der Waals surface area contributed by atoms with Gasteiger partial charge in [-0.2, -0.15) is 10.2 Å². The average molecular weight is 499 g/mol. The van der Waals surface area contributed by atoms with Crippen LogP contribution in [-0.4, -0.2) is 48.3 Å². The van der Waals surface area contributed by atoms with Crippen molar-refractivity contribution in [1.82, 2.24) is 14.9 Å². The monoisotopic (exact) mass is 498 g/mol. The average Bonchev–Trinajstić information content (AvgIpc) is 3.27. The molecule has 0 bridgehead atoms. The fraction of sp³-hybridized carbons (Fsp3) is 0.393. The minimum absolute atomic E-state index is 0.431. The molecule has 184 valence electrons. The number of likely N-dealkylation sites (N-methyl/N-ethyl adjacent to an activating group) is 1. The van der Waals surface area contributed by atoms with Crippen molar-refractivity contribution in [1.29, 1.82) is 5.26 Å². The van der Waals surface area contributed by atoms with Crippen molar-refractivity contribution in [3.8, 4) is 6.07 Å². The molecule has 0 radical (unpaired) electrons. The first-order valence-electron chi connectivity index (χ1n) is 12.6. The quantitative estimate of drug-likeness (QED) is 0.512. The van der Waals surface area contributed by atoms with Crippen molar-refractivity contribution < 1.29 is 4.57 Å². The predicted molar refractivity (Wildman–Crippen MR) is 145 cm³/mol. The van der Waals surface area contributed by atoms with E-state index in [0.29, 0.717) is 29.8 Å². The Morgan fingerprint density at radius 3 is 2.83 bits per heavy atom. The van der Waals surface area contributed by atoms with E-state index in [1.807, 2.05) is 31.5 Å². The molecule has 7 nitrogen and oxygen atoms in total. The van der Waals surface area contributed by atoms with E-state index >= 15 is 0 Å². The van der Waals surface area contributed by atoms with Gasteiger partial charge in [-0.3, -0.25) is 0 Å². The van der Waals surface area contributed by atoms with Gasteiger partial charge in [0, 0.05) is 36.3 Å². The Morgan fingerprint density at radius 2 is 2.03 bits per heavy atom. The minimum Gasteiger partial charge on any atom is -0.324 e. The zero-order valence-electron chi connectivity index (χ0n) is 21.1. The lowest BCUT2D eigenvalue weighted by Crippen LogP contribution is -2.33. The third-order valence-electron chi connectivity index (χ3n) is 7.71. The first kappa shape index (κ1) is 23.2. The highest BCUT2D eigenvalue weighted by atomic mass is 31.2. The van der Waals surface area contributed by atoms with Gasteiger partial charge in [0.15, 0.2) is 5.82 Å². The Kier molecular flexibility index (Phi) is 5.63. The Labute approximate surface area is 212 Å². The van der Waals surface area contributed by atoms with E-state index in [1.165, 1.54) is 24.0 Å². The van der Waals surface area contributed by atoms with Crippen LogP contribution in [0.4, 0.5) is 23.1 Å². The molecule has 3 aliphatic rings. The molecule has 1 N–H and O–H groups in total. The number of aromatic nitrogens is 2. The summed E-state index contributed by atoms with van der Waals surface area (Å²) >= 11 is 0. The van der Waals surface area contributed by atoms with E-state index in [2.05, 4.69) is 45.4 Å². The van der Waals surface area contributed by atoms with E-state index in [1.54, 1.807) is 11.8 Å². The summed E-state index contributed by atoms with van der Waals surface area (Å²) in [6.45, 7) is 6.40. The SMILES string of the molecule is CN1Cc2cc(Nc3ncc(C#N)c(N4CCc5c4cccc5P(C)(C)=O)n3)cc3c2C(CCC3)C1. The van der Waals surface area contributed by atoms with Gasteiger partial charge in [0.1, 0.15) is 18.8 Å². The molecule has 6 rings (SSSR count). The molecular formula is C28H31N6OP. The number of benzene rings is 2. The Balaban J connectivity index is 1.36. The van der Waals surface area contributed by atoms with Gasteiger partial charge in [-0.1, -0.05) is 12.1 Å². The van der Waals surface area contributed by atoms with Gasteiger partial charge < -0.3 is 19.7 Å². The lowest BCUT2D eigenvalue weighted by molar-refractivity contribution is 0.266. The molecule has 1 atom stereocenters. The van der Waals surface area contributed by atoms with Crippen molar-refractivity contribution in [3.63, 3.8) is 0 Å². The van der Waals surface area contributed by atoms with Gasteiger partial charge in [0.05, 0.1) is 6.20 Å². The Morgan fingerprint density at radius 1 is 1.19 bits per heavy atom. The van der Waals surface area contributed by atoms with Gasteiger partial charge in [-0.15, -0.1) is 0 Å². The number of fused-ring (bicyclic) bond motifs is 1. The Hall–Kier alpha value is -3.20. The molecular weight excluding hydrogens is 467 g/mol. The maximum atomic E-state index is 12.9. The molecule has 3 heterocycles.